The first-order valence-corrected chi connectivity index (χ1v) is 10.5. The molecule has 1 aromatic carbocycles. The first-order valence-electron chi connectivity index (χ1n) is 10.1. The van der Waals surface area contributed by atoms with Crippen LogP contribution in [0.4, 0.5) is 4.79 Å². The molecular formula is C21H34N4O4S. The quantitative estimate of drug-likeness (QED) is 0.268. The zero-order chi connectivity index (χ0) is 22.6. The van der Waals surface area contributed by atoms with Gasteiger partial charge in [0.15, 0.2) is 0 Å². The molecule has 0 unspecified atom stereocenters. The van der Waals surface area contributed by atoms with E-state index in [1.165, 1.54) is 7.05 Å². The summed E-state index contributed by atoms with van der Waals surface area (Å²) in [6, 6.07) is 8.34. The van der Waals surface area contributed by atoms with Gasteiger partial charge in [-0.1, -0.05) is 43.1 Å². The van der Waals surface area contributed by atoms with Crippen molar-refractivity contribution in [2.45, 2.75) is 64.1 Å². The highest BCUT2D eigenvalue weighted by Crippen LogP contribution is 2.08. The van der Waals surface area contributed by atoms with Crippen molar-refractivity contribution < 1.29 is 19.1 Å². The van der Waals surface area contributed by atoms with Gasteiger partial charge in [0, 0.05) is 13.6 Å². The van der Waals surface area contributed by atoms with E-state index in [0.717, 1.165) is 5.56 Å². The normalized spacial score (nSPS) is 13.1. The maximum Gasteiger partial charge on any atom is 0.407 e. The third-order valence-electron chi connectivity index (χ3n) is 4.22. The molecule has 3 amide bonds. The van der Waals surface area contributed by atoms with Crippen molar-refractivity contribution in [2.24, 2.45) is 0 Å². The van der Waals surface area contributed by atoms with Crippen LogP contribution in [0.25, 0.3) is 0 Å². The molecule has 0 saturated heterocycles. The second-order valence-electron chi connectivity index (χ2n) is 7.97. The summed E-state index contributed by atoms with van der Waals surface area (Å²) in [6.07, 6.45) is 1.73. The Morgan fingerprint density at radius 1 is 1.03 bits per heavy atom. The molecule has 0 bridgehead atoms. The lowest BCUT2D eigenvalue weighted by molar-refractivity contribution is -0.129. The van der Waals surface area contributed by atoms with E-state index in [-0.39, 0.29) is 11.8 Å². The average molecular weight is 439 g/mol. The van der Waals surface area contributed by atoms with Crippen molar-refractivity contribution in [3.63, 3.8) is 0 Å². The number of hydrogen-bond donors (Lipinski definition) is 5. The molecule has 4 N–H and O–H groups in total. The smallest absolute Gasteiger partial charge is 0.407 e. The van der Waals surface area contributed by atoms with Crippen LogP contribution in [0, 0.1) is 0 Å². The Morgan fingerprint density at radius 3 is 2.27 bits per heavy atom. The Balaban J connectivity index is 2.49. The summed E-state index contributed by atoms with van der Waals surface area (Å²) in [4.78, 5) is 36.5. The Morgan fingerprint density at radius 2 is 1.70 bits per heavy atom. The first kappa shape index (κ1) is 25.8. The van der Waals surface area contributed by atoms with Crippen LogP contribution in [-0.2, 0) is 20.7 Å². The second-order valence-corrected chi connectivity index (χ2v) is 8.23. The summed E-state index contributed by atoms with van der Waals surface area (Å²) in [5.41, 5.74) is 0.444. The number of hydrogen-bond acceptors (Lipinski definition) is 6. The van der Waals surface area contributed by atoms with E-state index < -0.39 is 23.8 Å². The number of thiol groups is 1. The molecule has 0 spiro atoms. The van der Waals surface area contributed by atoms with Gasteiger partial charge in [-0.2, -0.15) is 0 Å². The molecular weight excluding hydrogens is 404 g/mol. The number of carbonyl (C=O) groups is 3. The van der Waals surface area contributed by atoms with Gasteiger partial charge in [-0.3, -0.25) is 14.3 Å². The number of carbonyl (C=O) groups excluding carboxylic acids is 3. The van der Waals surface area contributed by atoms with Crippen molar-refractivity contribution in [1.82, 2.24) is 20.7 Å². The van der Waals surface area contributed by atoms with E-state index in [0.29, 0.717) is 32.2 Å². The standard InChI is InChI=1S/C21H34N4O4S/c1-21(2,3)29-20(28)23-13-9-8-12-16(18(26)22-4)24-19(27)17(25-30)14-15-10-6-5-7-11-15/h5-7,10-11,16-17,25,30H,8-9,12-14H2,1-4H3,(H,22,26)(H,23,28)(H,24,27)/t16-,17+/m0/s1. The van der Waals surface area contributed by atoms with Crippen LogP contribution in [0.1, 0.15) is 45.6 Å². The fourth-order valence-electron chi connectivity index (χ4n) is 2.74. The van der Waals surface area contributed by atoms with E-state index in [4.69, 9.17) is 4.74 Å². The largest absolute Gasteiger partial charge is 0.444 e. The summed E-state index contributed by atoms with van der Waals surface area (Å²) in [5, 5.41) is 8.06. The topological polar surface area (TPSA) is 109 Å². The summed E-state index contributed by atoms with van der Waals surface area (Å²) in [5.74, 6) is -0.560. The SMILES string of the molecule is CNC(=O)[C@H](CCCCNC(=O)OC(C)(C)C)NC(=O)[C@@H](Cc1ccccc1)NS. The lowest BCUT2D eigenvalue weighted by atomic mass is 10.0. The fourth-order valence-corrected chi connectivity index (χ4v) is 2.95. The van der Waals surface area contributed by atoms with E-state index in [1.807, 2.05) is 30.3 Å². The van der Waals surface area contributed by atoms with E-state index in [1.54, 1.807) is 20.8 Å². The molecule has 8 nitrogen and oxygen atoms in total. The van der Waals surface area contributed by atoms with Crippen molar-refractivity contribution in [3.8, 4) is 0 Å². The molecule has 30 heavy (non-hydrogen) atoms. The number of unbranched alkanes of at least 4 members (excludes halogenated alkanes) is 1. The number of likely N-dealkylation sites (N-methyl/N-ethyl adjacent to an activating group) is 1. The van der Waals surface area contributed by atoms with Gasteiger partial charge in [0.05, 0.1) is 6.04 Å². The van der Waals surface area contributed by atoms with Crippen LogP contribution in [0.15, 0.2) is 30.3 Å². The van der Waals surface area contributed by atoms with Crippen molar-refractivity contribution in [3.05, 3.63) is 35.9 Å². The van der Waals surface area contributed by atoms with Crippen LogP contribution in [-0.4, -0.2) is 49.2 Å². The number of amides is 3. The lowest BCUT2D eigenvalue weighted by Gasteiger charge is -2.22. The monoisotopic (exact) mass is 438 g/mol. The zero-order valence-electron chi connectivity index (χ0n) is 18.2. The summed E-state index contributed by atoms with van der Waals surface area (Å²) in [6.45, 7) is 5.83. The number of ether oxygens (including phenoxy) is 1. The summed E-state index contributed by atoms with van der Waals surface area (Å²) >= 11 is 4.07. The minimum absolute atomic E-state index is 0.263. The third-order valence-corrected chi connectivity index (χ3v) is 4.53. The van der Waals surface area contributed by atoms with Gasteiger partial charge in [0.1, 0.15) is 11.6 Å². The van der Waals surface area contributed by atoms with Gasteiger partial charge < -0.3 is 20.7 Å². The summed E-state index contributed by atoms with van der Waals surface area (Å²) in [7, 11) is 1.53. The van der Waals surface area contributed by atoms with Crippen LogP contribution in [0.3, 0.4) is 0 Å². The molecule has 0 aromatic heterocycles. The molecule has 0 heterocycles. The van der Waals surface area contributed by atoms with Gasteiger partial charge in [0.2, 0.25) is 11.8 Å². The molecule has 0 aliphatic carbocycles. The maximum atomic E-state index is 12.6. The molecule has 1 rings (SSSR count). The second kappa shape index (κ2) is 13.1. The lowest BCUT2D eigenvalue weighted by Crippen LogP contribution is -2.51. The molecule has 1 aromatic rings. The molecule has 0 aliphatic rings. The molecule has 0 saturated carbocycles. The zero-order valence-corrected chi connectivity index (χ0v) is 19.1. The predicted octanol–water partition coefficient (Wildman–Crippen LogP) is 1.96. The number of benzene rings is 1. The third kappa shape index (κ3) is 10.5. The molecule has 168 valence electrons. The number of rotatable bonds is 11. The highest BCUT2D eigenvalue weighted by atomic mass is 32.1. The Hall–Kier alpha value is -2.26. The van der Waals surface area contributed by atoms with Crippen LogP contribution < -0.4 is 20.7 Å². The van der Waals surface area contributed by atoms with Gasteiger partial charge in [-0.05, 0) is 52.0 Å². The van der Waals surface area contributed by atoms with Crippen LogP contribution in [0.2, 0.25) is 0 Å². The Bertz CT molecular complexity index is 679. The van der Waals surface area contributed by atoms with Crippen molar-refractivity contribution in [1.29, 1.82) is 0 Å². The molecule has 0 radical (unpaired) electrons. The molecule has 0 aliphatic heterocycles. The van der Waals surface area contributed by atoms with Crippen LogP contribution in [0.5, 0.6) is 0 Å². The minimum Gasteiger partial charge on any atom is -0.444 e. The summed E-state index contributed by atoms with van der Waals surface area (Å²) < 4.78 is 7.89. The first-order chi connectivity index (χ1) is 14.2. The van der Waals surface area contributed by atoms with Crippen molar-refractivity contribution >= 4 is 30.7 Å². The highest BCUT2D eigenvalue weighted by molar-refractivity contribution is 7.78. The molecule has 2 atom stereocenters. The predicted molar refractivity (Wildman–Crippen MR) is 120 cm³/mol. The van der Waals surface area contributed by atoms with E-state index >= 15 is 0 Å². The van der Waals surface area contributed by atoms with Gasteiger partial charge >= 0.3 is 6.09 Å². The maximum absolute atomic E-state index is 12.6. The van der Waals surface area contributed by atoms with Gasteiger partial charge in [0.25, 0.3) is 0 Å². The van der Waals surface area contributed by atoms with E-state index in [2.05, 4.69) is 33.5 Å². The Labute approximate surface area is 184 Å². The average Bonchev–Trinajstić information content (AvgIpc) is 2.69. The highest BCUT2D eigenvalue weighted by Gasteiger charge is 2.24. The number of alkyl carbamates (subject to hydrolysis) is 1. The number of nitrogens with one attached hydrogen (secondary N) is 4. The minimum atomic E-state index is -0.663. The van der Waals surface area contributed by atoms with Gasteiger partial charge in [-0.25, -0.2) is 4.79 Å². The Kier molecular flexibility index (Phi) is 11.3. The van der Waals surface area contributed by atoms with Crippen LogP contribution >= 0.6 is 12.8 Å². The molecule has 0 fully saturated rings. The fraction of sp³-hybridized carbons (Fsp3) is 0.571. The molecule has 9 heteroatoms. The van der Waals surface area contributed by atoms with Crippen molar-refractivity contribution in [2.75, 3.05) is 13.6 Å². The van der Waals surface area contributed by atoms with E-state index in [9.17, 15) is 14.4 Å². The van der Waals surface area contributed by atoms with Gasteiger partial charge in [-0.15, -0.1) is 0 Å².